The molecule has 1 rings (SSSR count). The van der Waals surface area contributed by atoms with Gasteiger partial charge in [0.25, 0.3) is 0 Å². The minimum Gasteiger partial charge on any atom is -0.300 e. The van der Waals surface area contributed by atoms with Crippen LogP contribution in [0.4, 0.5) is 0 Å². The van der Waals surface area contributed by atoms with Crippen molar-refractivity contribution in [3.05, 3.63) is 42.0 Å². The molecule has 0 aliphatic carbocycles. The summed E-state index contributed by atoms with van der Waals surface area (Å²) in [6.45, 7) is 8.20. The second-order valence-electron chi connectivity index (χ2n) is 5.44. The average molecular weight is 262 g/mol. The summed E-state index contributed by atoms with van der Waals surface area (Å²) in [5.41, 5.74) is 1.18. The maximum absolute atomic E-state index is 11.3. The second-order valence-corrected chi connectivity index (χ2v) is 7.51. The van der Waals surface area contributed by atoms with Gasteiger partial charge in [-0.2, -0.15) is 0 Å². The third-order valence-corrected chi connectivity index (χ3v) is 3.63. The highest BCUT2D eigenvalue weighted by Crippen LogP contribution is 2.31. The molecule has 0 bridgehead atoms. The largest absolute Gasteiger partial charge is 0.300 e. The molecule has 98 valence electrons. The van der Waals surface area contributed by atoms with Crippen LogP contribution in [0.15, 0.2) is 36.4 Å². The van der Waals surface area contributed by atoms with Gasteiger partial charge in [-0.15, -0.1) is 11.8 Å². The van der Waals surface area contributed by atoms with Gasteiger partial charge in [0.05, 0.1) is 0 Å². The molecule has 1 nitrogen and oxygen atoms in total. The van der Waals surface area contributed by atoms with Crippen molar-refractivity contribution in [2.24, 2.45) is 0 Å². The summed E-state index contributed by atoms with van der Waals surface area (Å²) in [5.74, 6) is 0.245. The smallest absolute Gasteiger partial charge is 0.131 e. The minimum absolute atomic E-state index is 0.168. The molecule has 1 atom stereocenters. The maximum atomic E-state index is 11.3. The lowest BCUT2D eigenvalue weighted by Gasteiger charge is -2.23. The van der Waals surface area contributed by atoms with Crippen molar-refractivity contribution < 1.29 is 4.79 Å². The van der Waals surface area contributed by atoms with Gasteiger partial charge in [0.15, 0.2) is 0 Å². The predicted octanol–water partition coefficient (Wildman–Crippen LogP) is 4.58. The molecule has 0 aliphatic heterocycles. The van der Waals surface area contributed by atoms with Crippen LogP contribution in [0.25, 0.3) is 6.08 Å². The van der Waals surface area contributed by atoms with Gasteiger partial charge in [0, 0.05) is 16.4 Å². The molecule has 0 saturated carbocycles. The van der Waals surface area contributed by atoms with E-state index in [1.54, 1.807) is 6.92 Å². The highest BCUT2D eigenvalue weighted by Gasteiger charge is 2.18. The third-order valence-electron chi connectivity index (χ3n) is 2.30. The van der Waals surface area contributed by atoms with Gasteiger partial charge >= 0.3 is 0 Å². The Morgan fingerprint density at radius 2 is 1.89 bits per heavy atom. The van der Waals surface area contributed by atoms with E-state index in [1.807, 2.05) is 30.0 Å². The first-order valence-electron chi connectivity index (χ1n) is 6.27. The number of hydrogen-bond acceptors (Lipinski definition) is 2. The highest BCUT2D eigenvalue weighted by atomic mass is 32.2. The lowest BCUT2D eigenvalue weighted by atomic mass is 10.1. The van der Waals surface area contributed by atoms with Gasteiger partial charge in [0.2, 0.25) is 0 Å². The van der Waals surface area contributed by atoms with Gasteiger partial charge in [0.1, 0.15) is 5.78 Å². The highest BCUT2D eigenvalue weighted by molar-refractivity contribution is 8.01. The maximum Gasteiger partial charge on any atom is 0.131 e. The Balaban J connectivity index is 2.72. The number of ketones is 1. The molecule has 0 fully saturated rings. The van der Waals surface area contributed by atoms with Crippen LogP contribution in [0, 0.1) is 0 Å². The van der Waals surface area contributed by atoms with Crippen LogP contribution in [-0.4, -0.2) is 15.8 Å². The Hall–Kier alpha value is -1.02. The number of carbonyl (C=O) groups is 1. The SMILES string of the molecule is CC(=O)C[C@H](/C=C/c1ccccc1)SC(C)(C)C. The summed E-state index contributed by atoms with van der Waals surface area (Å²) in [6.07, 6.45) is 4.85. The predicted molar refractivity (Wildman–Crippen MR) is 81.9 cm³/mol. The molecule has 2 heteroatoms. The average Bonchev–Trinajstić information content (AvgIpc) is 2.24. The number of rotatable bonds is 5. The van der Waals surface area contributed by atoms with Crippen molar-refractivity contribution in [1.82, 2.24) is 0 Å². The van der Waals surface area contributed by atoms with E-state index in [2.05, 4.69) is 45.1 Å². The second kappa shape index (κ2) is 6.79. The zero-order valence-corrected chi connectivity index (χ0v) is 12.5. The zero-order chi connectivity index (χ0) is 13.6. The molecule has 0 heterocycles. The van der Waals surface area contributed by atoms with E-state index in [-0.39, 0.29) is 15.8 Å². The van der Waals surface area contributed by atoms with Crippen LogP contribution in [0.5, 0.6) is 0 Å². The molecule has 0 aromatic heterocycles. The quantitative estimate of drug-likeness (QED) is 0.772. The fourth-order valence-corrected chi connectivity index (χ4v) is 3.05. The molecule has 0 unspecified atom stereocenters. The molecule has 1 aromatic carbocycles. The Labute approximate surface area is 115 Å². The first-order chi connectivity index (χ1) is 8.37. The van der Waals surface area contributed by atoms with Crippen molar-refractivity contribution in [1.29, 1.82) is 0 Å². The van der Waals surface area contributed by atoms with Crippen LogP contribution in [0.3, 0.4) is 0 Å². The standard InChI is InChI=1S/C16H22OS/c1-13(17)12-15(18-16(2,3)4)11-10-14-8-6-5-7-9-14/h5-11,15H,12H2,1-4H3/b11-10+/t15-/m0/s1. The topological polar surface area (TPSA) is 17.1 Å². The minimum atomic E-state index is 0.168. The Morgan fingerprint density at radius 1 is 1.28 bits per heavy atom. The van der Waals surface area contributed by atoms with Crippen molar-refractivity contribution in [2.75, 3.05) is 0 Å². The van der Waals surface area contributed by atoms with Crippen molar-refractivity contribution >= 4 is 23.6 Å². The lowest BCUT2D eigenvalue weighted by Crippen LogP contribution is -2.16. The first-order valence-corrected chi connectivity index (χ1v) is 7.15. The third kappa shape index (κ3) is 6.65. The first kappa shape index (κ1) is 15.0. The molecular weight excluding hydrogens is 240 g/mol. The Morgan fingerprint density at radius 3 is 2.39 bits per heavy atom. The lowest BCUT2D eigenvalue weighted by molar-refractivity contribution is -0.116. The van der Waals surface area contributed by atoms with Gasteiger partial charge in [-0.3, -0.25) is 4.79 Å². The summed E-state index contributed by atoms with van der Waals surface area (Å²) in [5, 5.41) is 0.253. The summed E-state index contributed by atoms with van der Waals surface area (Å²) in [7, 11) is 0. The van der Waals surface area contributed by atoms with Crippen molar-refractivity contribution in [2.45, 2.75) is 44.1 Å². The molecule has 18 heavy (non-hydrogen) atoms. The van der Waals surface area contributed by atoms with Crippen LogP contribution in [-0.2, 0) is 4.79 Å². The summed E-state index contributed by atoms with van der Waals surface area (Å²) >= 11 is 1.84. The molecule has 0 spiro atoms. The molecule has 0 amide bonds. The van der Waals surface area contributed by atoms with Crippen LogP contribution >= 0.6 is 11.8 Å². The van der Waals surface area contributed by atoms with Gasteiger partial charge < -0.3 is 0 Å². The monoisotopic (exact) mass is 262 g/mol. The fraction of sp³-hybridized carbons (Fsp3) is 0.438. The number of carbonyl (C=O) groups excluding carboxylic acids is 1. The van der Waals surface area contributed by atoms with Gasteiger partial charge in [-0.05, 0) is 12.5 Å². The van der Waals surface area contributed by atoms with Crippen LogP contribution < -0.4 is 0 Å². The summed E-state index contributed by atoms with van der Waals surface area (Å²) in [4.78, 5) is 11.3. The molecular formula is C16H22OS. The van der Waals surface area contributed by atoms with Crippen LogP contribution in [0.1, 0.15) is 39.7 Å². The molecule has 0 aliphatic rings. The Bertz CT molecular complexity index is 401. The van der Waals surface area contributed by atoms with E-state index in [9.17, 15) is 4.79 Å². The van der Waals surface area contributed by atoms with E-state index in [1.165, 1.54) is 5.56 Å². The molecule has 0 saturated heterocycles. The number of Topliss-reactive ketones (excluding diaryl/α,β-unsaturated/α-hetero) is 1. The van der Waals surface area contributed by atoms with E-state index in [4.69, 9.17) is 0 Å². The molecule has 0 N–H and O–H groups in total. The van der Waals surface area contributed by atoms with E-state index < -0.39 is 0 Å². The van der Waals surface area contributed by atoms with E-state index >= 15 is 0 Å². The Kier molecular flexibility index (Phi) is 5.67. The number of thioether (sulfide) groups is 1. The fourth-order valence-electron chi connectivity index (χ4n) is 1.67. The van der Waals surface area contributed by atoms with Crippen molar-refractivity contribution in [3.8, 4) is 0 Å². The number of benzene rings is 1. The molecule has 1 aromatic rings. The summed E-state index contributed by atoms with van der Waals surface area (Å²) < 4.78 is 0.168. The number of hydrogen-bond donors (Lipinski definition) is 0. The summed E-state index contributed by atoms with van der Waals surface area (Å²) in [6, 6.07) is 10.2. The van der Waals surface area contributed by atoms with E-state index in [0.29, 0.717) is 6.42 Å². The van der Waals surface area contributed by atoms with Gasteiger partial charge in [-0.25, -0.2) is 0 Å². The normalized spacial score (nSPS) is 13.8. The van der Waals surface area contributed by atoms with Gasteiger partial charge in [-0.1, -0.05) is 63.3 Å². The van der Waals surface area contributed by atoms with E-state index in [0.717, 1.165) is 0 Å². The van der Waals surface area contributed by atoms with Crippen molar-refractivity contribution in [3.63, 3.8) is 0 Å². The zero-order valence-electron chi connectivity index (χ0n) is 11.6. The van der Waals surface area contributed by atoms with Crippen LogP contribution in [0.2, 0.25) is 0 Å². The molecule has 0 radical (unpaired) electrons.